The Labute approximate surface area is 97.4 Å². The van der Waals surface area contributed by atoms with Crippen LogP contribution in [0.3, 0.4) is 0 Å². The molecule has 0 atom stereocenters. The predicted molar refractivity (Wildman–Crippen MR) is 63.5 cm³/mol. The largest absolute Gasteiger partial charge is 0.497 e. The van der Waals surface area contributed by atoms with E-state index in [-0.39, 0.29) is 0 Å². The third-order valence-electron chi connectivity index (χ3n) is 2.53. The summed E-state index contributed by atoms with van der Waals surface area (Å²) in [4.78, 5) is 9.74. The van der Waals surface area contributed by atoms with Gasteiger partial charge in [0.1, 0.15) is 17.1 Å². The summed E-state index contributed by atoms with van der Waals surface area (Å²) in [7, 11) is 1.59. The van der Waals surface area contributed by atoms with Gasteiger partial charge >= 0.3 is 0 Å². The van der Waals surface area contributed by atoms with Crippen molar-refractivity contribution in [1.29, 1.82) is 0 Å². The number of hydrogen-bond donors (Lipinski definition) is 0. The number of benzene rings is 1. The van der Waals surface area contributed by atoms with Gasteiger partial charge in [-0.2, -0.15) is 0 Å². The number of fused-ring (bicyclic) bond motifs is 1. The van der Waals surface area contributed by atoms with Crippen LogP contribution in [-0.4, -0.2) is 12.0 Å². The van der Waals surface area contributed by atoms with Crippen LogP contribution in [0.2, 0.25) is 0 Å². The molecule has 5 nitrogen and oxygen atoms in total. The van der Waals surface area contributed by atoms with E-state index >= 15 is 0 Å². The lowest BCUT2D eigenvalue weighted by Gasteiger charge is -1.97. The number of ether oxygens (including phenoxy) is 1. The zero-order valence-electron chi connectivity index (χ0n) is 9.47. The molecule has 0 saturated carbocycles. The lowest BCUT2D eigenvalue weighted by molar-refractivity contribution is -0.401. The van der Waals surface area contributed by atoms with Crippen molar-refractivity contribution in [2.75, 3.05) is 7.11 Å². The Morgan fingerprint density at radius 3 is 2.88 bits per heavy atom. The van der Waals surface area contributed by atoms with Gasteiger partial charge < -0.3 is 9.15 Å². The van der Waals surface area contributed by atoms with Crippen LogP contribution in [-0.2, 0) is 0 Å². The first kappa shape index (κ1) is 11.2. The molecular formula is C12H11NO4. The smallest absolute Gasteiger partial charge is 0.238 e. The van der Waals surface area contributed by atoms with E-state index in [9.17, 15) is 10.1 Å². The molecule has 0 spiro atoms. The first-order valence-electron chi connectivity index (χ1n) is 5.00. The number of hydrogen-bond acceptors (Lipinski definition) is 4. The van der Waals surface area contributed by atoms with E-state index < -0.39 is 4.92 Å². The Morgan fingerprint density at radius 1 is 1.47 bits per heavy atom. The van der Waals surface area contributed by atoms with Crippen LogP contribution in [0.4, 0.5) is 0 Å². The Bertz CT molecular complexity index is 598. The fourth-order valence-electron chi connectivity index (χ4n) is 1.63. The highest BCUT2D eigenvalue weighted by atomic mass is 16.6. The molecule has 0 radical (unpaired) electrons. The average molecular weight is 233 g/mol. The lowest BCUT2D eigenvalue weighted by Crippen LogP contribution is -1.82. The van der Waals surface area contributed by atoms with E-state index in [0.29, 0.717) is 11.3 Å². The molecule has 1 aromatic carbocycles. The van der Waals surface area contributed by atoms with Gasteiger partial charge in [-0.25, -0.2) is 0 Å². The highest BCUT2D eigenvalue weighted by molar-refractivity contribution is 5.85. The summed E-state index contributed by atoms with van der Waals surface area (Å²) in [5.41, 5.74) is 1.54. The van der Waals surface area contributed by atoms with Gasteiger partial charge in [0.2, 0.25) is 6.20 Å². The molecule has 5 heteroatoms. The van der Waals surface area contributed by atoms with E-state index in [2.05, 4.69) is 0 Å². The molecule has 1 aromatic heterocycles. The van der Waals surface area contributed by atoms with Crippen molar-refractivity contribution in [1.82, 2.24) is 0 Å². The predicted octanol–water partition coefficient (Wildman–Crippen LogP) is 3.00. The van der Waals surface area contributed by atoms with Crippen LogP contribution >= 0.6 is 0 Å². The maximum Gasteiger partial charge on any atom is 0.238 e. The van der Waals surface area contributed by atoms with Gasteiger partial charge in [-0.1, -0.05) is 0 Å². The molecule has 88 valence electrons. The van der Waals surface area contributed by atoms with Crippen molar-refractivity contribution in [2.45, 2.75) is 6.92 Å². The Hall–Kier alpha value is -2.30. The van der Waals surface area contributed by atoms with Crippen molar-refractivity contribution in [2.24, 2.45) is 0 Å². The number of aryl methyl sites for hydroxylation is 1. The number of nitro groups is 1. The minimum atomic E-state index is -0.521. The molecule has 0 N–H and O–H groups in total. The van der Waals surface area contributed by atoms with Crippen molar-refractivity contribution in [3.8, 4) is 5.75 Å². The Kier molecular flexibility index (Phi) is 2.82. The van der Waals surface area contributed by atoms with Crippen LogP contribution in [0.1, 0.15) is 11.3 Å². The second-order valence-corrected chi connectivity index (χ2v) is 3.55. The van der Waals surface area contributed by atoms with Gasteiger partial charge in [-0.15, -0.1) is 0 Å². The van der Waals surface area contributed by atoms with Crippen LogP contribution < -0.4 is 4.74 Å². The SMILES string of the molecule is COc1ccc2oc(/C=C/[N+](=O)[O-])c(C)c2c1. The van der Waals surface area contributed by atoms with E-state index in [1.807, 2.05) is 13.0 Å². The Balaban J connectivity index is 2.53. The summed E-state index contributed by atoms with van der Waals surface area (Å²) in [6.45, 7) is 1.85. The average Bonchev–Trinajstić information content (AvgIpc) is 2.63. The molecule has 0 bridgehead atoms. The lowest BCUT2D eigenvalue weighted by atomic mass is 10.1. The fraction of sp³-hybridized carbons (Fsp3) is 0.167. The summed E-state index contributed by atoms with van der Waals surface area (Å²) in [6, 6.07) is 5.41. The van der Waals surface area contributed by atoms with Crippen LogP contribution in [0.25, 0.3) is 17.0 Å². The van der Waals surface area contributed by atoms with Crippen LogP contribution in [0.5, 0.6) is 5.75 Å². The molecule has 0 aliphatic carbocycles. The number of nitrogens with zero attached hydrogens (tertiary/aromatic N) is 1. The maximum absolute atomic E-state index is 10.3. The second-order valence-electron chi connectivity index (χ2n) is 3.55. The van der Waals surface area contributed by atoms with Gasteiger partial charge in [0.05, 0.1) is 18.1 Å². The maximum atomic E-state index is 10.3. The summed E-state index contributed by atoms with van der Waals surface area (Å²) in [5.74, 6) is 1.22. The number of furan rings is 1. The standard InChI is InChI=1S/C12H11NO4/c1-8-10-7-9(16-2)3-4-12(10)17-11(8)5-6-13(14)15/h3-7H,1-2H3/b6-5+. The molecule has 0 saturated heterocycles. The van der Waals surface area contributed by atoms with E-state index in [1.165, 1.54) is 6.08 Å². The van der Waals surface area contributed by atoms with Crippen molar-refractivity contribution >= 4 is 17.0 Å². The summed E-state index contributed by atoms with van der Waals surface area (Å²) in [5, 5.41) is 11.2. The molecule has 0 aliphatic heterocycles. The number of methoxy groups -OCH3 is 1. The summed E-state index contributed by atoms with van der Waals surface area (Å²) >= 11 is 0. The van der Waals surface area contributed by atoms with Gasteiger partial charge in [0, 0.05) is 10.9 Å². The normalized spacial score (nSPS) is 11.2. The molecule has 17 heavy (non-hydrogen) atoms. The minimum Gasteiger partial charge on any atom is -0.497 e. The van der Waals surface area contributed by atoms with E-state index in [4.69, 9.17) is 9.15 Å². The minimum absolute atomic E-state index is 0.491. The first-order valence-corrected chi connectivity index (χ1v) is 5.00. The van der Waals surface area contributed by atoms with Crippen LogP contribution in [0, 0.1) is 17.0 Å². The highest BCUT2D eigenvalue weighted by Crippen LogP contribution is 2.29. The van der Waals surface area contributed by atoms with E-state index in [0.717, 1.165) is 22.9 Å². The molecule has 2 rings (SSSR count). The van der Waals surface area contributed by atoms with Gasteiger partial charge in [0.15, 0.2) is 0 Å². The van der Waals surface area contributed by atoms with Gasteiger partial charge in [-0.05, 0) is 25.1 Å². The molecule has 0 aliphatic rings. The molecular weight excluding hydrogens is 222 g/mol. The van der Waals surface area contributed by atoms with Crippen LogP contribution in [0.15, 0.2) is 28.8 Å². The molecule has 0 unspecified atom stereocenters. The van der Waals surface area contributed by atoms with Gasteiger partial charge in [0.25, 0.3) is 0 Å². The monoisotopic (exact) mass is 233 g/mol. The third kappa shape index (κ3) is 2.13. The second kappa shape index (κ2) is 4.29. The highest BCUT2D eigenvalue weighted by Gasteiger charge is 2.09. The zero-order valence-corrected chi connectivity index (χ0v) is 9.47. The Morgan fingerprint density at radius 2 is 2.24 bits per heavy atom. The summed E-state index contributed by atoms with van der Waals surface area (Å²) < 4.78 is 10.6. The zero-order chi connectivity index (χ0) is 12.4. The van der Waals surface area contributed by atoms with Gasteiger partial charge in [-0.3, -0.25) is 10.1 Å². The van der Waals surface area contributed by atoms with Crippen molar-refractivity contribution < 1.29 is 14.1 Å². The third-order valence-corrected chi connectivity index (χ3v) is 2.53. The fourth-order valence-corrected chi connectivity index (χ4v) is 1.63. The topological polar surface area (TPSA) is 65.5 Å². The molecule has 0 amide bonds. The number of rotatable bonds is 3. The summed E-state index contributed by atoms with van der Waals surface area (Å²) in [6.07, 6.45) is 2.21. The van der Waals surface area contributed by atoms with Crippen molar-refractivity contribution in [3.05, 3.63) is 45.8 Å². The molecule has 1 heterocycles. The first-order chi connectivity index (χ1) is 8.11. The quantitative estimate of drug-likeness (QED) is 0.603. The molecule has 0 fully saturated rings. The molecule has 2 aromatic rings. The van der Waals surface area contributed by atoms with Crippen molar-refractivity contribution in [3.63, 3.8) is 0 Å². The van der Waals surface area contributed by atoms with E-state index in [1.54, 1.807) is 19.2 Å².